The van der Waals surface area contributed by atoms with Gasteiger partial charge in [0.25, 0.3) is 0 Å². The van der Waals surface area contributed by atoms with E-state index in [-0.39, 0.29) is 18.4 Å². The topological polar surface area (TPSA) is 121 Å². The average molecular weight is 446 g/mol. The Bertz CT molecular complexity index is 955. The van der Waals surface area contributed by atoms with E-state index in [1.165, 1.54) is 0 Å². The van der Waals surface area contributed by atoms with Crippen LogP contribution in [-0.4, -0.2) is 52.5 Å². The summed E-state index contributed by atoms with van der Waals surface area (Å²) >= 11 is 0. The second-order valence-electron chi connectivity index (χ2n) is 7.91. The highest BCUT2D eigenvalue weighted by molar-refractivity contribution is 5.87. The average Bonchev–Trinajstić information content (AvgIpc) is 3.15. The Kier molecular flexibility index (Phi) is 8.49. The number of hydroxylamine groups is 1. The fourth-order valence-electron chi connectivity index (χ4n) is 3.94. The van der Waals surface area contributed by atoms with E-state index in [1.807, 2.05) is 24.0 Å². The van der Waals surface area contributed by atoms with E-state index >= 15 is 0 Å². The molecule has 0 saturated heterocycles. The van der Waals surface area contributed by atoms with E-state index in [2.05, 4.69) is 10.5 Å². The zero-order valence-electron chi connectivity index (χ0n) is 18.4. The van der Waals surface area contributed by atoms with Crippen molar-refractivity contribution in [2.24, 2.45) is 0 Å². The fourth-order valence-corrected chi connectivity index (χ4v) is 3.94. The van der Waals surface area contributed by atoms with E-state index in [1.54, 1.807) is 6.07 Å². The Balaban J connectivity index is 1.44. The predicted molar refractivity (Wildman–Crippen MR) is 118 cm³/mol. The van der Waals surface area contributed by atoms with E-state index in [9.17, 15) is 14.4 Å². The lowest BCUT2D eigenvalue weighted by atomic mass is 10.0. The quantitative estimate of drug-likeness (QED) is 0.341. The molecule has 0 radical (unpaired) electrons. The molecule has 3 rings (SSSR count). The van der Waals surface area contributed by atoms with E-state index in [0.717, 1.165) is 54.3 Å². The number of amides is 2. The lowest BCUT2D eigenvalue weighted by Gasteiger charge is -2.27. The zero-order valence-corrected chi connectivity index (χ0v) is 18.4. The monoisotopic (exact) mass is 445 g/mol. The van der Waals surface area contributed by atoms with E-state index < -0.39 is 5.97 Å². The number of nitrogens with zero attached hydrogens (tertiary/aromatic N) is 1. The molecule has 0 fully saturated rings. The van der Waals surface area contributed by atoms with Crippen molar-refractivity contribution in [1.29, 1.82) is 0 Å². The molecule has 3 N–H and O–H groups in total. The van der Waals surface area contributed by atoms with Crippen molar-refractivity contribution in [3.63, 3.8) is 0 Å². The van der Waals surface area contributed by atoms with Crippen molar-refractivity contribution in [1.82, 2.24) is 15.4 Å². The smallest absolute Gasteiger partial charge is 0.341 e. The van der Waals surface area contributed by atoms with Crippen LogP contribution in [0.3, 0.4) is 0 Å². The highest BCUT2D eigenvalue weighted by Crippen LogP contribution is 2.30. The van der Waals surface area contributed by atoms with Crippen LogP contribution in [0.4, 0.5) is 0 Å². The Morgan fingerprint density at radius 2 is 1.94 bits per heavy atom. The van der Waals surface area contributed by atoms with Crippen molar-refractivity contribution in [2.45, 2.75) is 58.4 Å². The van der Waals surface area contributed by atoms with Crippen molar-refractivity contribution < 1.29 is 29.1 Å². The van der Waals surface area contributed by atoms with Gasteiger partial charge < -0.3 is 19.7 Å². The number of carbonyl (C=O) groups excluding carboxylic acids is 2. The number of hydrogen-bond donors (Lipinski definition) is 3. The molecule has 2 amide bonds. The van der Waals surface area contributed by atoms with Crippen LogP contribution in [0.1, 0.15) is 56.7 Å². The molecule has 1 aromatic heterocycles. The number of fused-ring (bicyclic) bond motifs is 3. The number of carboxylic acid groups (broad SMARTS) is 1. The van der Waals surface area contributed by atoms with Crippen LogP contribution in [0.15, 0.2) is 18.2 Å². The lowest BCUT2D eigenvalue weighted by Crippen LogP contribution is -2.35. The Hall–Kier alpha value is -3.07. The number of aliphatic carboxylic acids is 1. The van der Waals surface area contributed by atoms with Gasteiger partial charge in [-0.25, -0.2) is 10.3 Å². The molecule has 1 aromatic carbocycles. The molecule has 0 aliphatic carbocycles. The molecule has 0 bridgehead atoms. The van der Waals surface area contributed by atoms with Crippen molar-refractivity contribution in [2.75, 3.05) is 19.8 Å². The largest absolute Gasteiger partial charge is 0.482 e. The zero-order chi connectivity index (χ0) is 22.9. The lowest BCUT2D eigenvalue weighted by molar-refractivity contribution is -0.139. The molecule has 2 heterocycles. The van der Waals surface area contributed by atoms with Crippen LogP contribution in [0.5, 0.6) is 5.75 Å². The van der Waals surface area contributed by atoms with Gasteiger partial charge in [-0.05, 0) is 49.9 Å². The standard InChI is InChI=1S/C23H31N3O6/c1-2-32-25-21(27)7-5-3-4-6-8-22(28)26-12-11-17-18-13-16(31-15-23(29)30)9-10-19(18)24-20(17)14-26/h9-10,13,24H,2-8,11-12,14-15H2,1H3,(H,25,27)(H,29,30). The van der Waals surface area contributed by atoms with Gasteiger partial charge in [-0.3, -0.25) is 14.4 Å². The van der Waals surface area contributed by atoms with Crippen LogP contribution < -0.4 is 10.2 Å². The highest BCUT2D eigenvalue weighted by Gasteiger charge is 2.23. The summed E-state index contributed by atoms with van der Waals surface area (Å²) in [5.41, 5.74) is 5.53. The van der Waals surface area contributed by atoms with Crippen molar-refractivity contribution in [3.8, 4) is 5.75 Å². The number of benzene rings is 1. The Morgan fingerprint density at radius 3 is 2.69 bits per heavy atom. The number of H-pyrrole nitrogens is 1. The van der Waals surface area contributed by atoms with Gasteiger partial charge in [0.05, 0.1) is 13.2 Å². The molecule has 2 aromatic rings. The van der Waals surface area contributed by atoms with Crippen LogP contribution in [0, 0.1) is 0 Å². The SMILES string of the molecule is CCONC(=O)CCCCCCC(=O)N1CCc2c([nH]c3ccc(OCC(=O)O)cc23)C1. The maximum atomic E-state index is 12.6. The van der Waals surface area contributed by atoms with Crippen LogP contribution in [0.2, 0.25) is 0 Å². The van der Waals surface area contributed by atoms with Crippen LogP contribution in [-0.2, 0) is 32.2 Å². The summed E-state index contributed by atoms with van der Waals surface area (Å²) in [4.78, 5) is 45.0. The maximum Gasteiger partial charge on any atom is 0.341 e. The third-order valence-electron chi connectivity index (χ3n) is 5.54. The molecule has 32 heavy (non-hydrogen) atoms. The minimum Gasteiger partial charge on any atom is -0.482 e. The summed E-state index contributed by atoms with van der Waals surface area (Å²) in [5.74, 6) is -0.446. The molecule has 0 spiro atoms. The number of hydrogen-bond acceptors (Lipinski definition) is 5. The van der Waals surface area contributed by atoms with Crippen molar-refractivity contribution in [3.05, 3.63) is 29.5 Å². The summed E-state index contributed by atoms with van der Waals surface area (Å²) in [6.07, 6.45) is 5.11. The van der Waals surface area contributed by atoms with E-state index in [0.29, 0.717) is 38.3 Å². The number of ether oxygens (including phenoxy) is 1. The maximum absolute atomic E-state index is 12.6. The molecule has 0 saturated carbocycles. The molecule has 174 valence electrons. The normalized spacial score (nSPS) is 13.1. The fraction of sp³-hybridized carbons (Fsp3) is 0.522. The van der Waals surface area contributed by atoms with Gasteiger partial charge in [0.1, 0.15) is 5.75 Å². The highest BCUT2D eigenvalue weighted by atomic mass is 16.6. The number of unbranched alkanes of at least 4 members (excludes halogenated alkanes) is 3. The number of carbonyl (C=O) groups is 3. The van der Waals surface area contributed by atoms with Gasteiger partial charge in [0.15, 0.2) is 6.61 Å². The van der Waals surface area contributed by atoms with E-state index in [4.69, 9.17) is 14.7 Å². The summed E-state index contributed by atoms with van der Waals surface area (Å²) in [6.45, 7) is 3.10. The first-order chi connectivity index (χ1) is 15.5. The molecule has 0 unspecified atom stereocenters. The third kappa shape index (κ3) is 6.46. The Labute approximate surface area is 187 Å². The number of aromatic nitrogens is 1. The summed E-state index contributed by atoms with van der Waals surface area (Å²) < 4.78 is 5.29. The molecule has 1 aliphatic rings. The summed E-state index contributed by atoms with van der Waals surface area (Å²) in [7, 11) is 0. The molecular weight excluding hydrogens is 414 g/mol. The van der Waals surface area contributed by atoms with Gasteiger partial charge in [-0.2, -0.15) is 0 Å². The molecule has 0 atom stereocenters. The second kappa shape index (κ2) is 11.5. The van der Waals surface area contributed by atoms with Gasteiger partial charge in [0.2, 0.25) is 11.8 Å². The van der Waals surface area contributed by atoms with Crippen molar-refractivity contribution >= 4 is 28.7 Å². The number of rotatable bonds is 12. The molecular formula is C23H31N3O6. The summed E-state index contributed by atoms with van der Waals surface area (Å²) in [5, 5.41) is 9.80. The molecule has 9 nitrogen and oxygen atoms in total. The minimum absolute atomic E-state index is 0.106. The van der Waals surface area contributed by atoms with Gasteiger partial charge in [-0.15, -0.1) is 0 Å². The third-order valence-corrected chi connectivity index (χ3v) is 5.54. The predicted octanol–water partition coefficient (Wildman–Crippen LogP) is 2.92. The molecule has 1 aliphatic heterocycles. The minimum atomic E-state index is -1.01. The first-order valence-corrected chi connectivity index (χ1v) is 11.1. The first-order valence-electron chi connectivity index (χ1n) is 11.1. The van der Waals surface area contributed by atoms with Gasteiger partial charge in [0, 0.05) is 36.0 Å². The number of aromatic amines is 1. The van der Waals surface area contributed by atoms with Gasteiger partial charge >= 0.3 is 5.97 Å². The van der Waals surface area contributed by atoms with Crippen LogP contribution >= 0.6 is 0 Å². The Morgan fingerprint density at radius 1 is 1.16 bits per heavy atom. The van der Waals surface area contributed by atoms with Crippen LogP contribution in [0.25, 0.3) is 10.9 Å². The second-order valence-corrected chi connectivity index (χ2v) is 7.91. The van der Waals surface area contributed by atoms with Gasteiger partial charge in [-0.1, -0.05) is 12.8 Å². The number of nitrogens with one attached hydrogen (secondary N) is 2. The summed E-state index contributed by atoms with van der Waals surface area (Å²) in [6, 6.07) is 5.49. The number of carboxylic acids is 1. The molecule has 9 heteroatoms. The first kappa shape index (κ1) is 23.6.